The molecule has 0 heterocycles. The summed E-state index contributed by atoms with van der Waals surface area (Å²) in [6.45, 7) is 0. The van der Waals surface area contributed by atoms with Gasteiger partial charge in [-0.1, -0.05) is 6.42 Å². The number of rotatable bonds is 3. The Hall–Kier alpha value is -2.09. The quantitative estimate of drug-likeness (QED) is 0.891. The summed E-state index contributed by atoms with van der Waals surface area (Å²) in [5, 5.41) is 18.2. The minimum atomic E-state index is -1.04. The van der Waals surface area contributed by atoms with Crippen LogP contribution in [0, 0.1) is 17.1 Å². The molecule has 0 bridgehead atoms. The van der Waals surface area contributed by atoms with Crippen molar-refractivity contribution >= 4 is 5.97 Å². The van der Waals surface area contributed by atoms with Gasteiger partial charge in [-0.2, -0.15) is 5.26 Å². The van der Waals surface area contributed by atoms with E-state index in [1.54, 1.807) is 0 Å². The van der Waals surface area contributed by atoms with Crippen molar-refractivity contribution in [1.29, 1.82) is 5.26 Å². The summed E-state index contributed by atoms with van der Waals surface area (Å²) in [4.78, 5) is 11.3. The molecule has 1 fully saturated rings. The molecular formula is C13H12FNO3. The zero-order valence-electron chi connectivity index (χ0n) is 9.86. The lowest BCUT2D eigenvalue weighted by molar-refractivity contribution is -0.147. The second kappa shape index (κ2) is 4.30. The van der Waals surface area contributed by atoms with Crippen molar-refractivity contribution < 1.29 is 19.0 Å². The van der Waals surface area contributed by atoms with Crippen LogP contribution in [0.3, 0.4) is 0 Å². The van der Waals surface area contributed by atoms with Crippen molar-refractivity contribution in [3.63, 3.8) is 0 Å². The third-order valence-electron chi connectivity index (χ3n) is 3.54. The Morgan fingerprint density at radius 2 is 2.22 bits per heavy atom. The van der Waals surface area contributed by atoms with Gasteiger partial charge in [0.1, 0.15) is 6.07 Å². The molecule has 1 aromatic carbocycles. The Morgan fingerprint density at radius 3 is 2.61 bits per heavy atom. The monoisotopic (exact) mass is 249 g/mol. The number of nitriles is 1. The summed E-state index contributed by atoms with van der Waals surface area (Å²) >= 11 is 0. The summed E-state index contributed by atoms with van der Waals surface area (Å²) in [5.74, 6) is -1.80. The standard InChI is InChI=1S/C13H12FNO3/c1-18-11-8(7-15)5-9(6-10(11)14)13(12(16)17)3-2-4-13/h5-6H,2-4H2,1H3,(H,16,17). The summed E-state index contributed by atoms with van der Waals surface area (Å²) in [6.07, 6.45) is 1.74. The number of carbonyl (C=O) groups is 1. The minimum Gasteiger partial charge on any atom is -0.492 e. The third kappa shape index (κ3) is 1.61. The summed E-state index contributed by atoms with van der Waals surface area (Å²) in [6, 6.07) is 4.40. The number of ether oxygens (including phenoxy) is 1. The molecule has 0 aliphatic heterocycles. The molecule has 1 saturated carbocycles. The van der Waals surface area contributed by atoms with Crippen molar-refractivity contribution in [1.82, 2.24) is 0 Å². The molecule has 0 saturated heterocycles. The largest absolute Gasteiger partial charge is 0.492 e. The van der Waals surface area contributed by atoms with E-state index < -0.39 is 17.2 Å². The maximum atomic E-state index is 13.8. The zero-order chi connectivity index (χ0) is 13.3. The molecule has 0 radical (unpaired) electrons. The average molecular weight is 249 g/mol. The first kappa shape index (κ1) is 12.4. The summed E-state index contributed by atoms with van der Waals surface area (Å²) < 4.78 is 18.6. The van der Waals surface area contributed by atoms with Gasteiger partial charge >= 0.3 is 5.97 Å². The van der Waals surface area contributed by atoms with Gasteiger partial charge in [0, 0.05) is 0 Å². The lowest BCUT2D eigenvalue weighted by Gasteiger charge is -2.38. The first-order chi connectivity index (χ1) is 8.55. The highest BCUT2D eigenvalue weighted by atomic mass is 19.1. The number of methoxy groups -OCH3 is 1. The number of halogens is 1. The van der Waals surface area contributed by atoms with Crippen LogP contribution in [0.2, 0.25) is 0 Å². The van der Waals surface area contributed by atoms with E-state index in [0.29, 0.717) is 18.4 Å². The van der Waals surface area contributed by atoms with E-state index in [-0.39, 0.29) is 11.3 Å². The smallest absolute Gasteiger partial charge is 0.314 e. The van der Waals surface area contributed by atoms with Crippen molar-refractivity contribution in [3.05, 3.63) is 29.1 Å². The van der Waals surface area contributed by atoms with Crippen LogP contribution in [-0.2, 0) is 10.2 Å². The van der Waals surface area contributed by atoms with E-state index in [1.807, 2.05) is 6.07 Å². The fraction of sp³-hybridized carbons (Fsp3) is 0.385. The molecule has 0 unspecified atom stereocenters. The minimum absolute atomic E-state index is 0.0278. The Balaban J connectivity index is 2.57. The van der Waals surface area contributed by atoms with E-state index in [4.69, 9.17) is 10.00 Å². The van der Waals surface area contributed by atoms with Crippen molar-refractivity contribution in [2.75, 3.05) is 7.11 Å². The highest BCUT2D eigenvalue weighted by molar-refractivity contribution is 5.83. The molecule has 94 valence electrons. The number of carboxylic acid groups (broad SMARTS) is 1. The summed E-state index contributed by atoms with van der Waals surface area (Å²) in [7, 11) is 1.27. The number of nitrogens with zero attached hydrogens (tertiary/aromatic N) is 1. The van der Waals surface area contributed by atoms with Gasteiger partial charge in [0.2, 0.25) is 0 Å². The van der Waals surface area contributed by atoms with Gasteiger partial charge in [-0.25, -0.2) is 4.39 Å². The molecule has 1 aliphatic rings. The molecule has 1 N–H and O–H groups in total. The molecule has 1 aliphatic carbocycles. The van der Waals surface area contributed by atoms with Gasteiger partial charge in [-0.05, 0) is 30.5 Å². The lowest BCUT2D eigenvalue weighted by atomic mass is 9.64. The first-order valence-electron chi connectivity index (χ1n) is 5.56. The molecular weight excluding hydrogens is 237 g/mol. The normalized spacial score (nSPS) is 16.5. The predicted octanol–water partition coefficient (Wildman–Crippen LogP) is 2.21. The van der Waals surface area contributed by atoms with Crippen LogP contribution in [-0.4, -0.2) is 18.2 Å². The van der Waals surface area contributed by atoms with Gasteiger partial charge in [0.15, 0.2) is 11.6 Å². The Labute approximate surface area is 104 Å². The number of hydrogen-bond acceptors (Lipinski definition) is 3. The number of benzene rings is 1. The van der Waals surface area contributed by atoms with E-state index in [1.165, 1.54) is 13.2 Å². The second-order valence-corrected chi connectivity index (χ2v) is 4.39. The molecule has 1 aromatic rings. The van der Waals surface area contributed by atoms with E-state index in [0.717, 1.165) is 12.5 Å². The number of hydrogen-bond donors (Lipinski definition) is 1. The first-order valence-corrected chi connectivity index (χ1v) is 5.56. The van der Waals surface area contributed by atoms with Gasteiger partial charge in [0.25, 0.3) is 0 Å². The van der Waals surface area contributed by atoms with Gasteiger partial charge in [-0.15, -0.1) is 0 Å². The molecule has 2 rings (SSSR count). The SMILES string of the molecule is COc1c(F)cc(C2(C(=O)O)CCC2)cc1C#N. The molecule has 18 heavy (non-hydrogen) atoms. The highest BCUT2D eigenvalue weighted by Gasteiger charge is 2.46. The molecule has 0 amide bonds. The van der Waals surface area contributed by atoms with Crippen LogP contribution in [0.1, 0.15) is 30.4 Å². The van der Waals surface area contributed by atoms with Crippen molar-refractivity contribution in [2.45, 2.75) is 24.7 Å². The third-order valence-corrected chi connectivity index (χ3v) is 3.54. The molecule has 4 nitrogen and oxygen atoms in total. The molecule has 0 aromatic heterocycles. The van der Waals surface area contributed by atoms with E-state index in [2.05, 4.69) is 0 Å². The van der Waals surface area contributed by atoms with Crippen LogP contribution >= 0.6 is 0 Å². The molecule has 0 atom stereocenters. The van der Waals surface area contributed by atoms with E-state index in [9.17, 15) is 14.3 Å². The lowest BCUT2D eigenvalue weighted by Crippen LogP contribution is -2.42. The number of carboxylic acids is 1. The second-order valence-electron chi connectivity index (χ2n) is 4.39. The molecule has 5 heteroatoms. The number of aliphatic carboxylic acids is 1. The van der Waals surface area contributed by atoms with Crippen molar-refractivity contribution in [2.24, 2.45) is 0 Å². The Bertz CT molecular complexity index is 544. The highest BCUT2D eigenvalue weighted by Crippen LogP contribution is 2.45. The van der Waals surface area contributed by atoms with Crippen LogP contribution in [0.4, 0.5) is 4.39 Å². The van der Waals surface area contributed by atoms with Crippen LogP contribution in [0.25, 0.3) is 0 Å². The van der Waals surface area contributed by atoms with Crippen LogP contribution in [0.5, 0.6) is 5.75 Å². The maximum absolute atomic E-state index is 13.8. The van der Waals surface area contributed by atoms with Gasteiger partial charge in [-0.3, -0.25) is 4.79 Å². The Kier molecular flexibility index (Phi) is 2.95. The summed E-state index contributed by atoms with van der Waals surface area (Å²) in [5.41, 5.74) is -0.672. The maximum Gasteiger partial charge on any atom is 0.314 e. The molecule has 0 spiro atoms. The fourth-order valence-corrected chi connectivity index (χ4v) is 2.32. The average Bonchev–Trinajstić information content (AvgIpc) is 2.26. The fourth-order valence-electron chi connectivity index (χ4n) is 2.32. The predicted molar refractivity (Wildman–Crippen MR) is 60.8 cm³/mol. The van der Waals surface area contributed by atoms with Gasteiger partial charge in [0.05, 0.1) is 18.1 Å². The van der Waals surface area contributed by atoms with E-state index >= 15 is 0 Å². The van der Waals surface area contributed by atoms with Crippen LogP contribution in [0.15, 0.2) is 12.1 Å². The van der Waals surface area contributed by atoms with Crippen molar-refractivity contribution in [3.8, 4) is 11.8 Å². The van der Waals surface area contributed by atoms with Gasteiger partial charge < -0.3 is 9.84 Å². The zero-order valence-corrected chi connectivity index (χ0v) is 9.86. The Morgan fingerprint density at radius 1 is 1.56 bits per heavy atom. The van der Waals surface area contributed by atoms with Crippen LogP contribution < -0.4 is 4.74 Å². The topological polar surface area (TPSA) is 70.3 Å².